The van der Waals surface area contributed by atoms with Crippen LogP contribution < -0.4 is 15.4 Å². The van der Waals surface area contributed by atoms with Crippen molar-refractivity contribution in [3.63, 3.8) is 0 Å². The number of nitrogens with two attached hydrogens (primary N) is 1. The lowest BCUT2D eigenvalue weighted by atomic mass is 10.1. The molecule has 1 aromatic carbocycles. The maximum atomic E-state index is 13.3. The highest BCUT2D eigenvalue weighted by Crippen LogP contribution is 2.27. The van der Waals surface area contributed by atoms with Crippen LogP contribution in [0.15, 0.2) is 36.5 Å². The van der Waals surface area contributed by atoms with E-state index in [9.17, 15) is 13.2 Å². The fraction of sp³-hybridized carbons (Fsp3) is 0.381. The third-order valence-electron chi connectivity index (χ3n) is 5.71. The fourth-order valence-electron chi connectivity index (χ4n) is 3.81. The molecule has 3 N–H and O–H groups in total. The topological polar surface area (TPSA) is 126 Å². The van der Waals surface area contributed by atoms with Crippen molar-refractivity contribution in [2.45, 2.75) is 25.4 Å². The molecular formula is C21H26ClN7O3S. The second-order valence-electron chi connectivity index (χ2n) is 8.31. The molecule has 1 saturated heterocycles. The highest BCUT2D eigenvalue weighted by Gasteiger charge is 2.25. The van der Waals surface area contributed by atoms with E-state index >= 15 is 0 Å². The summed E-state index contributed by atoms with van der Waals surface area (Å²) in [7, 11) is -1.94. The molecule has 3 heterocycles. The number of sulfonamides is 1. The van der Waals surface area contributed by atoms with E-state index in [1.54, 1.807) is 11.6 Å². The van der Waals surface area contributed by atoms with E-state index in [1.165, 1.54) is 23.1 Å². The normalized spacial score (nSPS) is 17.4. The van der Waals surface area contributed by atoms with E-state index in [1.807, 2.05) is 25.3 Å². The molecule has 0 unspecified atom stereocenters. The van der Waals surface area contributed by atoms with E-state index in [0.29, 0.717) is 16.4 Å². The van der Waals surface area contributed by atoms with Crippen LogP contribution in [0.1, 0.15) is 35.4 Å². The van der Waals surface area contributed by atoms with Gasteiger partial charge in [-0.1, -0.05) is 11.6 Å². The lowest BCUT2D eigenvalue weighted by Gasteiger charge is -2.24. The van der Waals surface area contributed by atoms with Gasteiger partial charge < -0.3 is 15.5 Å². The number of rotatable bonds is 6. The summed E-state index contributed by atoms with van der Waals surface area (Å²) in [5.41, 5.74) is 7.64. The summed E-state index contributed by atoms with van der Waals surface area (Å²) in [5.74, 6) is 0.447. The van der Waals surface area contributed by atoms with Crippen molar-refractivity contribution in [1.82, 2.24) is 19.5 Å². The molecule has 1 aliphatic rings. The minimum Gasteiger partial charge on any atom is -0.355 e. The van der Waals surface area contributed by atoms with E-state index in [-0.39, 0.29) is 17.3 Å². The molecule has 3 aromatic rings. The number of benzene rings is 1. The Morgan fingerprint density at radius 3 is 2.76 bits per heavy atom. The number of nitrogens with one attached hydrogen (secondary N) is 1. The Morgan fingerprint density at radius 1 is 1.33 bits per heavy atom. The zero-order valence-corrected chi connectivity index (χ0v) is 20.1. The Labute approximate surface area is 197 Å². The fourth-order valence-corrected chi connectivity index (χ4v) is 4.56. The van der Waals surface area contributed by atoms with Crippen LogP contribution in [-0.4, -0.2) is 66.3 Å². The molecular weight excluding hydrogens is 466 g/mol. The Balaban J connectivity index is 1.59. The average molecular weight is 492 g/mol. The van der Waals surface area contributed by atoms with Crippen molar-refractivity contribution in [2.24, 2.45) is 5.73 Å². The van der Waals surface area contributed by atoms with Crippen molar-refractivity contribution in [1.29, 1.82) is 0 Å². The SMILES string of the molecule is C[C@@H](c1cc2nc(N3CC[C@H](N)C3)ccn2n1)N(C)C(=O)c1cc(Cl)ccc1NS(C)(=O)=O. The van der Waals surface area contributed by atoms with E-state index in [2.05, 4.69) is 14.7 Å². The highest BCUT2D eigenvalue weighted by atomic mass is 35.5. The third-order valence-corrected chi connectivity index (χ3v) is 6.54. The molecule has 0 aliphatic carbocycles. The summed E-state index contributed by atoms with van der Waals surface area (Å²) in [4.78, 5) is 21.6. The number of fused-ring (bicyclic) bond motifs is 1. The summed E-state index contributed by atoms with van der Waals surface area (Å²) in [5, 5.41) is 4.90. The third kappa shape index (κ3) is 5.05. The molecule has 0 radical (unpaired) electrons. The van der Waals surface area contributed by atoms with Gasteiger partial charge >= 0.3 is 0 Å². The molecule has 4 rings (SSSR count). The number of hydrogen-bond donors (Lipinski definition) is 2. The second kappa shape index (κ2) is 8.81. The van der Waals surface area contributed by atoms with Crippen LogP contribution >= 0.6 is 11.6 Å². The van der Waals surface area contributed by atoms with E-state index in [0.717, 1.165) is 31.6 Å². The van der Waals surface area contributed by atoms with Crippen molar-refractivity contribution >= 4 is 44.7 Å². The first-order valence-corrected chi connectivity index (χ1v) is 12.7. The molecule has 1 aliphatic heterocycles. The lowest BCUT2D eigenvalue weighted by Crippen LogP contribution is -2.31. The van der Waals surface area contributed by atoms with Gasteiger partial charge in [0.15, 0.2) is 5.65 Å². The number of nitrogens with zero attached hydrogens (tertiary/aromatic N) is 5. The smallest absolute Gasteiger partial charge is 0.256 e. The van der Waals surface area contributed by atoms with Crippen LogP contribution in [0.5, 0.6) is 0 Å². The molecule has 0 bridgehead atoms. The first-order valence-electron chi connectivity index (χ1n) is 10.4. The van der Waals surface area contributed by atoms with Crippen molar-refractivity contribution in [3.8, 4) is 0 Å². The molecule has 1 fully saturated rings. The zero-order chi connectivity index (χ0) is 23.9. The quantitative estimate of drug-likeness (QED) is 0.540. The maximum Gasteiger partial charge on any atom is 0.256 e. The largest absolute Gasteiger partial charge is 0.355 e. The van der Waals surface area contributed by atoms with E-state index in [4.69, 9.17) is 22.3 Å². The van der Waals surface area contributed by atoms with Crippen LogP contribution in [0.2, 0.25) is 5.02 Å². The summed E-state index contributed by atoms with van der Waals surface area (Å²) in [6, 6.07) is 7.91. The van der Waals surface area contributed by atoms with E-state index < -0.39 is 22.0 Å². The number of carbonyl (C=O) groups excluding carboxylic acids is 1. The summed E-state index contributed by atoms with van der Waals surface area (Å²) in [6.07, 6.45) is 3.79. The van der Waals surface area contributed by atoms with Gasteiger partial charge in [0.1, 0.15) is 5.82 Å². The van der Waals surface area contributed by atoms with Gasteiger partial charge in [-0.05, 0) is 37.6 Å². The van der Waals surface area contributed by atoms with Gasteiger partial charge in [-0.3, -0.25) is 9.52 Å². The minimum absolute atomic E-state index is 0.150. The predicted octanol–water partition coefficient (Wildman–Crippen LogP) is 2.12. The summed E-state index contributed by atoms with van der Waals surface area (Å²) < 4.78 is 27.5. The van der Waals surface area contributed by atoms with Gasteiger partial charge in [0.25, 0.3) is 5.91 Å². The Bertz CT molecular complexity index is 1310. The standard InChI is InChI=1S/C21H26ClN7O3S/c1-13(27(2)21(30)16-10-14(22)4-5-17(16)26-33(3,31)32)18-11-20-24-19(7-9-29(20)25-18)28-8-6-15(23)12-28/h4-5,7,9-11,13,15,26H,6,8,12,23H2,1-3H3/t13-,15-/m0/s1. The Morgan fingerprint density at radius 2 is 2.09 bits per heavy atom. The molecule has 12 heteroatoms. The molecule has 10 nitrogen and oxygen atoms in total. The molecule has 33 heavy (non-hydrogen) atoms. The number of carbonyl (C=O) groups is 1. The van der Waals surface area contributed by atoms with Crippen LogP contribution in [0, 0.1) is 0 Å². The van der Waals surface area contributed by atoms with Crippen molar-refractivity contribution in [2.75, 3.05) is 36.0 Å². The first-order chi connectivity index (χ1) is 15.5. The highest BCUT2D eigenvalue weighted by molar-refractivity contribution is 7.92. The van der Waals surface area contributed by atoms with Gasteiger partial charge in [-0.15, -0.1) is 0 Å². The number of amides is 1. The van der Waals surface area contributed by atoms with Gasteiger partial charge in [0.2, 0.25) is 10.0 Å². The monoisotopic (exact) mass is 491 g/mol. The van der Waals surface area contributed by atoms with Crippen LogP contribution in [-0.2, 0) is 10.0 Å². The molecule has 2 aromatic heterocycles. The zero-order valence-electron chi connectivity index (χ0n) is 18.6. The minimum atomic E-state index is -3.58. The van der Waals surface area contributed by atoms with Crippen LogP contribution in [0.25, 0.3) is 5.65 Å². The van der Waals surface area contributed by atoms with Crippen LogP contribution in [0.3, 0.4) is 0 Å². The van der Waals surface area contributed by atoms with Crippen molar-refractivity contribution < 1.29 is 13.2 Å². The van der Waals surface area contributed by atoms with Gasteiger partial charge in [0.05, 0.1) is 29.2 Å². The summed E-state index contributed by atoms with van der Waals surface area (Å²) in [6.45, 7) is 3.47. The van der Waals surface area contributed by atoms with Gasteiger partial charge in [-0.25, -0.2) is 17.9 Å². The summed E-state index contributed by atoms with van der Waals surface area (Å²) >= 11 is 6.08. The van der Waals surface area contributed by atoms with Gasteiger partial charge in [-0.2, -0.15) is 5.10 Å². The Hall–Kier alpha value is -2.89. The number of aromatic nitrogens is 3. The Kier molecular flexibility index (Phi) is 6.21. The molecule has 0 spiro atoms. The van der Waals surface area contributed by atoms with Gasteiger partial charge in [0, 0.05) is 43.5 Å². The number of hydrogen-bond acceptors (Lipinski definition) is 7. The number of anilines is 2. The maximum absolute atomic E-state index is 13.3. The number of halogens is 1. The molecule has 2 atom stereocenters. The second-order valence-corrected chi connectivity index (χ2v) is 10.5. The van der Waals surface area contributed by atoms with Crippen molar-refractivity contribution in [3.05, 3.63) is 52.8 Å². The first kappa shape index (κ1) is 23.3. The molecule has 176 valence electrons. The molecule has 1 amide bonds. The van der Waals surface area contributed by atoms with Crippen LogP contribution in [0.4, 0.5) is 11.5 Å². The molecule has 0 saturated carbocycles. The average Bonchev–Trinajstić information content (AvgIpc) is 3.38. The predicted molar refractivity (Wildman–Crippen MR) is 128 cm³/mol. The lowest BCUT2D eigenvalue weighted by molar-refractivity contribution is 0.0740.